The number of carbonyl (C=O) groups excluding carboxylic acids is 12. The lowest BCUT2D eigenvalue weighted by atomic mass is 9.98. The van der Waals surface area contributed by atoms with E-state index in [0.717, 1.165) is 0 Å². The van der Waals surface area contributed by atoms with Gasteiger partial charge in [0.2, 0.25) is 70.9 Å². The average molecular weight is 1280 g/mol. The number of hydrogen-bond acceptors (Lipinski definition) is 17. The van der Waals surface area contributed by atoms with Gasteiger partial charge in [-0.15, -0.1) is 0 Å². The summed E-state index contributed by atoms with van der Waals surface area (Å²) in [5.41, 5.74) is 16.9. The minimum atomic E-state index is -1.91. The maximum absolute atomic E-state index is 14.6. The van der Waals surface area contributed by atoms with Crippen molar-refractivity contribution in [2.75, 3.05) is 19.6 Å². The summed E-state index contributed by atoms with van der Waals surface area (Å²) in [5.74, 6) is -15.6. The van der Waals surface area contributed by atoms with Crippen LogP contribution in [0.15, 0.2) is 0 Å². The third-order valence-corrected chi connectivity index (χ3v) is 15.2. The second-order valence-corrected chi connectivity index (χ2v) is 24.6. The number of rotatable bonds is 39. The molecular weight excluding hydrogens is 1180 g/mol. The van der Waals surface area contributed by atoms with Gasteiger partial charge in [-0.2, -0.15) is 0 Å². The van der Waals surface area contributed by atoms with Crippen LogP contribution in [0.25, 0.3) is 0 Å². The molecule has 0 aromatic heterocycles. The van der Waals surface area contributed by atoms with E-state index in [1.165, 1.54) is 23.6 Å². The van der Waals surface area contributed by atoms with Crippen molar-refractivity contribution in [2.24, 2.45) is 40.9 Å². The molecule has 2 heterocycles. The lowest BCUT2D eigenvalue weighted by Crippen LogP contribution is -2.61. The van der Waals surface area contributed by atoms with Gasteiger partial charge in [0.25, 0.3) is 0 Å². The van der Waals surface area contributed by atoms with Gasteiger partial charge in [0.05, 0.1) is 12.5 Å². The fraction of sp³-hybridized carbons (Fsp3) is 0.741. The highest BCUT2D eigenvalue weighted by molar-refractivity contribution is 6.00. The van der Waals surface area contributed by atoms with E-state index >= 15 is 0 Å². The Kier molecular flexibility index (Phi) is 32.8. The van der Waals surface area contributed by atoms with Crippen molar-refractivity contribution in [1.29, 1.82) is 0 Å². The minimum Gasteiger partial charge on any atom is -0.481 e. The van der Waals surface area contributed by atoms with E-state index in [1.54, 1.807) is 41.5 Å². The van der Waals surface area contributed by atoms with Gasteiger partial charge in [-0.05, 0) is 115 Å². The maximum Gasteiger partial charge on any atom is 0.326 e. The maximum atomic E-state index is 14.6. The SMILES string of the molecule is CC(C)C[C@H](NC(=O)[C@@H]1CCCN1C(=O)[C@@H](NC(=O)[C@@H]1CCCN1C(=O)[C@H](CCC(=O)O)NC(=O)[C@H](C)NC(=O)[C@H](C)NC(=O)[C@@H](N)CC(C)C)C(C)C)C(=O)N[C@H](C(=O)N[C@@H](CCCCN)C(=O)N[C@@H](CCC(N)=O)C(=O)N[C@@H](CC(=O)O)C(=O)O)C(C)C. The number of nitrogens with one attached hydrogen (secondary N) is 9. The fourth-order valence-corrected chi connectivity index (χ4v) is 10.2. The molecular formula is C58H98N14O18. The third-order valence-electron chi connectivity index (χ3n) is 15.2. The zero-order valence-corrected chi connectivity index (χ0v) is 53.4. The molecule has 32 heteroatoms. The number of hydrogen-bond donors (Lipinski definition) is 15. The first-order chi connectivity index (χ1) is 42.0. The van der Waals surface area contributed by atoms with E-state index in [0.29, 0.717) is 25.7 Å². The quantitative estimate of drug-likeness (QED) is 0.0271. The van der Waals surface area contributed by atoms with E-state index in [-0.39, 0.29) is 63.6 Å². The van der Waals surface area contributed by atoms with E-state index < -0.39 is 205 Å². The highest BCUT2D eigenvalue weighted by Crippen LogP contribution is 2.24. The topological polar surface area (TPSA) is 510 Å². The Balaban J connectivity index is 2.32. The number of primary amides is 1. The van der Waals surface area contributed by atoms with Gasteiger partial charge in [0.15, 0.2) is 0 Å². The van der Waals surface area contributed by atoms with Crippen LogP contribution in [0.3, 0.4) is 0 Å². The van der Waals surface area contributed by atoms with E-state index in [4.69, 9.17) is 17.2 Å². The molecule has 2 rings (SSSR count). The first kappa shape index (κ1) is 78.1. The molecule has 0 bridgehead atoms. The molecule has 0 aromatic carbocycles. The van der Waals surface area contributed by atoms with Crippen molar-refractivity contribution in [3.05, 3.63) is 0 Å². The molecule has 2 aliphatic heterocycles. The van der Waals surface area contributed by atoms with Crippen molar-refractivity contribution >= 4 is 88.8 Å². The predicted octanol–water partition coefficient (Wildman–Crippen LogP) is -3.08. The van der Waals surface area contributed by atoms with Crippen LogP contribution in [0.5, 0.6) is 0 Å². The zero-order valence-electron chi connectivity index (χ0n) is 53.4. The first-order valence-corrected chi connectivity index (χ1v) is 30.8. The minimum absolute atomic E-state index is 0.0234. The summed E-state index contributed by atoms with van der Waals surface area (Å²) in [6, 6.07) is -15.9. The Labute approximate surface area is 524 Å². The lowest BCUT2D eigenvalue weighted by molar-refractivity contribution is -0.147. The second kappa shape index (κ2) is 37.8. The highest BCUT2D eigenvalue weighted by atomic mass is 16.4. The summed E-state index contributed by atoms with van der Waals surface area (Å²) in [5, 5.41) is 50.9. The predicted molar refractivity (Wildman–Crippen MR) is 323 cm³/mol. The summed E-state index contributed by atoms with van der Waals surface area (Å²) in [7, 11) is 0. The van der Waals surface area contributed by atoms with Crippen molar-refractivity contribution in [3.8, 4) is 0 Å². The van der Waals surface area contributed by atoms with Crippen LogP contribution < -0.4 is 65.1 Å². The van der Waals surface area contributed by atoms with E-state index in [9.17, 15) is 87.2 Å². The molecule has 2 aliphatic rings. The Morgan fingerprint density at radius 2 is 0.911 bits per heavy atom. The summed E-state index contributed by atoms with van der Waals surface area (Å²) in [4.78, 5) is 201. The van der Waals surface area contributed by atoms with Gasteiger partial charge in [0, 0.05) is 25.9 Å². The Morgan fingerprint density at radius 3 is 1.40 bits per heavy atom. The molecule has 0 radical (unpaired) electrons. The second-order valence-electron chi connectivity index (χ2n) is 24.6. The number of amides is 12. The Morgan fingerprint density at radius 1 is 0.456 bits per heavy atom. The average Bonchev–Trinajstić information content (AvgIpc) is 1.64. The number of likely N-dealkylation sites (tertiary alicyclic amines) is 2. The molecule has 0 unspecified atom stereocenters. The van der Waals surface area contributed by atoms with Gasteiger partial charge in [0.1, 0.15) is 66.5 Å². The molecule has 0 saturated carbocycles. The van der Waals surface area contributed by atoms with Gasteiger partial charge in [-0.1, -0.05) is 55.4 Å². The molecule has 0 aromatic rings. The fourth-order valence-electron chi connectivity index (χ4n) is 10.2. The van der Waals surface area contributed by atoms with Gasteiger partial charge >= 0.3 is 17.9 Å². The van der Waals surface area contributed by atoms with Crippen LogP contribution in [-0.2, 0) is 71.9 Å². The molecule has 0 aliphatic carbocycles. The number of unbranched alkanes of at least 4 members (excludes halogenated alkanes) is 1. The molecule has 2 fully saturated rings. The van der Waals surface area contributed by atoms with Crippen LogP contribution in [0.2, 0.25) is 0 Å². The summed E-state index contributed by atoms with van der Waals surface area (Å²) < 4.78 is 0. The third kappa shape index (κ3) is 25.8. The smallest absolute Gasteiger partial charge is 0.326 e. The molecule has 90 heavy (non-hydrogen) atoms. The van der Waals surface area contributed by atoms with Gasteiger partial charge < -0.3 is 90.2 Å². The van der Waals surface area contributed by atoms with Crippen molar-refractivity contribution < 1.29 is 87.2 Å². The standard InChI is InChI=1S/C58H98N14O18/c1-28(2)25-34(60)49(80)63-32(9)47(78)62-33(10)48(79)66-37(19-21-43(74)75)56(87)71-23-13-17-41(71)54(85)70-46(31(7)8)57(88)72-24-14-16-40(72)53(84)67-38(26-29(3)4)52(83)69-45(30(5)6)55(86)65-35(15-11-12-22-59)50(81)64-36(18-20-42(61)73)51(82)68-39(58(89)90)27-44(76)77/h28-41,45-46H,11-27,59-60H2,1-10H3,(H2,61,73)(H,62,78)(H,63,80)(H,64,81)(H,65,86)(H,66,79)(H,67,84)(H,68,82)(H,69,83)(H,70,85)(H,74,75)(H,76,77)(H,89,90)/t32-,33-,34-,35-,36-,37-,38-,39-,40-,41-,45-,46-/m0/s1. The molecule has 2 saturated heterocycles. The van der Waals surface area contributed by atoms with Gasteiger partial charge in [-0.25, -0.2) is 4.79 Å². The molecule has 32 nitrogen and oxygen atoms in total. The van der Waals surface area contributed by atoms with Crippen LogP contribution in [0.1, 0.15) is 159 Å². The number of nitrogens with two attached hydrogens (primary N) is 3. The lowest BCUT2D eigenvalue weighted by Gasteiger charge is -2.33. The van der Waals surface area contributed by atoms with Crippen LogP contribution in [0, 0.1) is 23.7 Å². The van der Waals surface area contributed by atoms with Crippen LogP contribution >= 0.6 is 0 Å². The van der Waals surface area contributed by atoms with Crippen molar-refractivity contribution in [1.82, 2.24) is 57.7 Å². The first-order valence-electron chi connectivity index (χ1n) is 30.8. The van der Waals surface area contributed by atoms with Crippen LogP contribution in [0.4, 0.5) is 0 Å². The zero-order chi connectivity index (χ0) is 68.4. The Hall–Kier alpha value is -8.03. The number of aliphatic carboxylic acids is 3. The summed E-state index contributed by atoms with van der Waals surface area (Å²) in [6.07, 6.45) is -0.922. The number of nitrogens with zero attached hydrogens (tertiary/aromatic N) is 2. The largest absolute Gasteiger partial charge is 0.481 e. The molecule has 12 amide bonds. The van der Waals surface area contributed by atoms with E-state index in [2.05, 4.69) is 42.5 Å². The molecule has 508 valence electrons. The van der Waals surface area contributed by atoms with Crippen molar-refractivity contribution in [2.45, 2.75) is 232 Å². The van der Waals surface area contributed by atoms with Gasteiger partial charge in [-0.3, -0.25) is 67.1 Å². The van der Waals surface area contributed by atoms with Crippen LogP contribution in [-0.4, -0.2) is 206 Å². The highest BCUT2D eigenvalue weighted by Gasteiger charge is 2.44. The normalized spacial score (nSPS) is 18.1. The number of carbonyl (C=O) groups is 15. The Bertz CT molecular complexity index is 2570. The summed E-state index contributed by atoms with van der Waals surface area (Å²) >= 11 is 0. The monoisotopic (exact) mass is 1280 g/mol. The van der Waals surface area contributed by atoms with E-state index in [1.807, 2.05) is 19.2 Å². The molecule has 12 atom stereocenters. The summed E-state index contributed by atoms with van der Waals surface area (Å²) in [6.45, 7) is 16.8. The number of carboxylic acids is 3. The number of carboxylic acid groups (broad SMARTS) is 3. The molecule has 0 spiro atoms. The molecule has 18 N–H and O–H groups in total. The van der Waals surface area contributed by atoms with Crippen molar-refractivity contribution in [3.63, 3.8) is 0 Å².